The van der Waals surface area contributed by atoms with Crippen molar-refractivity contribution in [2.45, 2.75) is 31.7 Å². The lowest BCUT2D eigenvalue weighted by Gasteiger charge is -2.23. The Balaban J connectivity index is 1.68. The van der Waals surface area contributed by atoms with E-state index in [4.69, 9.17) is 0 Å². The van der Waals surface area contributed by atoms with E-state index in [0.717, 1.165) is 31.5 Å². The van der Waals surface area contributed by atoms with E-state index in [1.165, 1.54) is 0 Å². The number of nitrogens with zero attached hydrogens (tertiary/aromatic N) is 2. The van der Waals surface area contributed by atoms with Gasteiger partial charge in [0.25, 0.3) is 0 Å². The average Bonchev–Trinajstić information content (AvgIpc) is 3.16. The monoisotopic (exact) mass is 317 g/mol. The summed E-state index contributed by atoms with van der Waals surface area (Å²) in [7, 11) is 0. The van der Waals surface area contributed by atoms with Gasteiger partial charge in [0, 0.05) is 19.0 Å². The van der Waals surface area contributed by atoms with Crippen molar-refractivity contribution < 1.29 is 14.7 Å². The van der Waals surface area contributed by atoms with Crippen LogP contribution in [-0.4, -0.2) is 54.1 Å². The summed E-state index contributed by atoms with van der Waals surface area (Å²) in [6, 6.07) is 7.50. The number of benzene rings is 1. The predicted molar refractivity (Wildman–Crippen MR) is 88.3 cm³/mol. The predicted octanol–water partition coefficient (Wildman–Crippen LogP) is 1.21. The van der Waals surface area contributed by atoms with E-state index in [-0.39, 0.29) is 31.0 Å². The van der Waals surface area contributed by atoms with Gasteiger partial charge in [0.15, 0.2) is 0 Å². The molecule has 23 heavy (non-hydrogen) atoms. The zero-order valence-electron chi connectivity index (χ0n) is 13.2. The summed E-state index contributed by atoms with van der Waals surface area (Å²) in [5, 5.41) is 12.3. The van der Waals surface area contributed by atoms with Crippen molar-refractivity contribution in [2.75, 3.05) is 36.5 Å². The van der Waals surface area contributed by atoms with E-state index >= 15 is 0 Å². The van der Waals surface area contributed by atoms with Crippen LogP contribution in [0.15, 0.2) is 24.3 Å². The minimum absolute atomic E-state index is 0.0798. The van der Waals surface area contributed by atoms with Crippen molar-refractivity contribution >= 4 is 23.2 Å². The summed E-state index contributed by atoms with van der Waals surface area (Å²) in [5.41, 5.74) is 1.44. The summed E-state index contributed by atoms with van der Waals surface area (Å²) >= 11 is 0. The molecule has 0 aromatic heterocycles. The Kier molecular flexibility index (Phi) is 4.93. The van der Waals surface area contributed by atoms with Gasteiger partial charge in [0.05, 0.1) is 24.5 Å². The second-order valence-electron chi connectivity index (χ2n) is 6.16. The molecule has 2 aliphatic rings. The first kappa shape index (κ1) is 16.0. The fourth-order valence-electron chi connectivity index (χ4n) is 3.40. The van der Waals surface area contributed by atoms with Crippen molar-refractivity contribution in [3.63, 3.8) is 0 Å². The van der Waals surface area contributed by atoms with E-state index in [0.29, 0.717) is 18.7 Å². The molecule has 3 rings (SSSR count). The molecule has 0 radical (unpaired) electrons. The molecule has 2 amide bonds. The van der Waals surface area contributed by atoms with Crippen molar-refractivity contribution in [3.05, 3.63) is 24.3 Å². The number of aliphatic hydroxyl groups is 1. The number of para-hydroxylation sites is 2. The smallest absolute Gasteiger partial charge is 0.238 e. The van der Waals surface area contributed by atoms with Gasteiger partial charge in [-0.15, -0.1) is 0 Å². The Morgan fingerprint density at radius 3 is 2.83 bits per heavy atom. The van der Waals surface area contributed by atoms with E-state index in [1.54, 1.807) is 4.90 Å². The van der Waals surface area contributed by atoms with E-state index in [2.05, 4.69) is 5.32 Å². The van der Waals surface area contributed by atoms with E-state index in [1.807, 2.05) is 29.2 Å². The second kappa shape index (κ2) is 7.10. The molecule has 0 unspecified atom stereocenters. The number of rotatable bonds is 5. The van der Waals surface area contributed by atoms with E-state index in [9.17, 15) is 14.7 Å². The van der Waals surface area contributed by atoms with Crippen LogP contribution in [0.3, 0.4) is 0 Å². The van der Waals surface area contributed by atoms with Crippen LogP contribution in [-0.2, 0) is 9.59 Å². The van der Waals surface area contributed by atoms with Crippen LogP contribution >= 0.6 is 0 Å². The highest BCUT2D eigenvalue weighted by atomic mass is 16.3. The lowest BCUT2D eigenvalue weighted by molar-refractivity contribution is -0.118. The largest absolute Gasteiger partial charge is 0.395 e. The molecule has 0 saturated carbocycles. The highest BCUT2D eigenvalue weighted by Gasteiger charge is 2.27. The minimum Gasteiger partial charge on any atom is -0.395 e. The topological polar surface area (TPSA) is 72.9 Å². The van der Waals surface area contributed by atoms with Gasteiger partial charge in [0.2, 0.25) is 11.8 Å². The van der Waals surface area contributed by atoms with Crippen LogP contribution in [0.1, 0.15) is 25.7 Å². The van der Waals surface area contributed by atoms with Gasteiger partial charge in [-0.25, -0.2) is 0 Å². The lowest BCUT2D eigenvalue weighted by atomic mass is 10.2. The molecular formula is C17H23N3O3. The summed E-state index contributed by atoms with van der Waals surface area (Å²) < 4.78 is 0. The molecule has 6 heteroatoms. The molecule has 1 aromatic rings. The lowest BCUT2D eigenvalue weighted by Crippen LogP contribution is -2.38. The highest BCUT2D eigenvalue weighted by Crippen LogP contribution is 2.29. The summed E-state index contributed by atoms with van der Waals surface area (Å²) in [4.78, 5) is 28.0. The third-order valence-electron chi connectivity index (χ3n) is 4.60. The van der Waals surface area contributed by atoms with Gasteiger partial charge in [-0.2, -0.15) is 0 Å². The number of nitrogens with one attached hydrogen (secondary N) is 1. The minimum atomic E-state index is -0.107. The molecular weight excluding hydrogens is 294 g/mol. The average molecular weight is 317 g/mol. The maximum absolute atomic E-state index is 12.3. The summed E-state index contributed by atoms with van der Waals surface area (Å²) in [6.07, 6.45) is 3.36. The molecule has 0 aliphatic carbocycles. The number of amides is 2. The SMILES string of the molecule is O=C(CN1CCC[C@H]1CO)Nc1ccccc1N1CCCC1=O. The van der Waals surface area contributed by atoms with E-state index < -0.39 is 0 Å². The first-order chi connectivity index (χ1) is 11.2. The molecule has 1 aromatic carbocycles. The Hall–Kier alpha value is -1.92. The third-order valence-corrected chi connectivity index (χ3v) is 4.60. The molecule has 2 saturated heterocycles. The van der Waals surface area contributed by atoms with Gasteiger partial charge in [-0.1, -0.05) is 12.1 Å². The maximum atomic E-state index is 12.3. The third kappa shape index (κ3) is 3.54. The standard InChI is InChI=1S/C17H23N3O3/c21-12-13-5-3-9-19(13)11-16(22)18-14-6-1-2-7-15(14)20-10-4-8-17(20)23/h1-2,6-7,13,21H,3-5,8-12H2,(H,18,22)/t13-/m0/s1. The Morgan fingerprint density at radius 1 is 1.26 bits per heavy atom. The van der Waals surface area contributed by atoms with Gasteiger partial charge in [-0.3, -0.25) is 14.5 Å². The molecule has 1 atom stereocenters. The molecule has 124 valence electrons. The molecule has 0 spiro atoms. The van der Waals surface area contributed by atoms with Crippen molar-refractivity contribution in [2.24, 2.45) is 0 Å². The quantitative estimate of drug-likeness (QED) is 0.856. The number of likely N-dealkylation sites (tertiary alicyclic amines) is 1. The number of hydrogen-bond acceptors (Lipinski definition) is 4. The van der Waals surface area contributed by atoms with Crippen LogP contribution in [0.5, 0.6) is 0 Å². The van der Waals surface area contributed by atoms with Gasteiger partial charge in [0.1, 0.15) is 0 Å². The normalized spacial score (nSPS) is 21.9. The van der Waals surface area contributed by atoms with Gasteiger partial charge < -0.3 is 15.3 Å². The van der Waals surface area contributed by atoms with Crippen LogP contribution in [0.4, 0.5) is 11.4 Å². The van der Waals surface area contributed by atoms with Gasteiger partial charge in [-0.05, 0) is 37.9 Å². The molecule has 2 fully saturated rings. The summed E-state index contributed by atoms with van der Waals surface area (Å²) in [5.74, 6) is -0.00367. The zero-order valence-corrected chi connectivity index (χ0v) is 13.2. The molecule has 0 bridgehead atoms. The Morgan fingerprint density at radius 2 is 2.09 bits per heavy atom. The zero-order chi connectivity index (χ0) is 16.2. The molecule has 2 aliphatic heterocycles. The maximum Gasteiger partial charge on any atom is 0.238 e. The highest BCUT2D eigenvalue weighted by molar-refractivity contribution is 6.02. The molecule has 2 heterocycles. The second-order valence-corrected chi connectivity index (χ2v) is 6.16. The first-order valence-electron chi connectivity index (χ1n) is 8.23. The van der Waals surface area contributed by atoms with Crippen LogP contribution in [0.2, 0.25) is 0 Å². The van der Waals surface area contributed by atoms with Gasteiger partial charge >= 0.3 is 0 Å². The number of carbonyl (C=O) groups excluding carboxylic acids is 2. The summed E-state index contributed by atoms with van der Waals surface area (Å²) in [6.45, 7) is 1.90. The first-order valence-corrected chi connectivity index (χ1v) is 8.23. The fourth-order valence-corrected chi connectivity index (χ4v) is 3.40. The van der Waals surface area contributed by atoms with Crippen LogP contribution in [0.25, 0.3) is 0 Å². The van der Waals surface area contributed by atoms with Crippen molar-refractivity contribution in [1.29, 1.82) is 0 Å². The van der Waals surface area contributed by atoms with Crippen molar-refractivity contribution in [1.82, 2.24) is 4.90 Å². The van der Waals surface area contributed by atoms with Crippen LogP contribution < -0.4 is 10.2 Å². The van der Waals surface area contributed by atoms with Crippen molar-refractivity contribution in [3.8, 4) is 0 Å². The van der Waals surface area contributed by atoms with Crippen LogP contribution in [0, 0.1) is 0 Å². The molecule has 2 N–H and O–H groups in total. The number of carbonyl (C=O) groups is 2. The molecule has 6 nitrogen and oxygen atoms in total. The Labute approximate surface area is 136 Å². The number of aliphatic hydroxyl groups excluding tert-OH is 1. The number of hydrogen-bond donors (Lipinski definition) is 2. The fraction of sp³-hybridized carbons (Fsp3) is 0.529. The Bertz CT molecular complexity index is 590. The number of anilines is 2.